The van der Waals surface area contributed by atoms with Crippen LogP contribution in [0.5, 0.6) is 0 Å². The van der Waals surface area contributed by atoms with Crippen molar-refractivity contribution in [3.05, 3.63) is 30.1 Å². The number of nitrogens with one attached hydrogen (secondary N) is 2. The molecule has 0 spiro atoms. The van der Waals surface area contributed by atoms with Gasteiger partial charge >= 0.3 is 0 Å². The van der Waals surface area contributed by atoms with Crippen LogP contribution >= 0.6 is 0 Å². The molecule has 0 aliphatic carbocycles. The minimum atomic E-state index is -0.494. The average molecular weight is 249 g/mol. The summed E-state index contributed by atoms with van der Waals surface area (Å²) in [5, 5.41) is 5.39. The number of rotatable bonds is 6. The van der Waals surface area contributed by atoms with E-state index in [4.69, 9.17) is 0 Å². The summed E-state index contributed by atoms with van der Waals surface area (Å²) >= 11 is 0. The van der Waals surface area contributed by atoms with Gasteiger partial charge in [0.2, 0.25) is 11.8 Å². The Bertz CT molecular complexity index is 392. The Labute approximate surface area is 107 Å². The first-order valence-corrected chi connectivity index (χ1v) is 6.09. The van der Waals surface area contributed by atoms with Gasteiger partial charge in [-0.3, -0.25) is 14.6 Å². The molecule has 0 radical (unpaired) electrons. The Kier molecular flexibility index (Phi) is 5.84. The van der Waals surface area contributed by atoms with Gasteiger partial charge in [-0.25, -0.2) is 0 Å². The Hall–Kier alpha value is -1.91. The van der Waals surface area contributed by atoms with Crippen LogP contribution in [0.1, 0.15) is 25.8 Å². The fourth-order valence-electron chi connectivity index (χ4n) is 1.44. The van der Waals surface area contributed by atoms with E-state index in [9.17, 15) is 9.59 Å². The summed E-state index contributed by atoms with van der Waals surface area (Å²) in [7, 11) is 0. The van der Waals surface area contributed by atoms with Gasteiger partial charge < -0.3 is 10.6 Å². The third kappa shape index (κ3) is 4.95. The number of amides is 2. The van der Waals surface area contributed by atoms with Crippen molar-refractivity contribution in [1.82, 2.24) is 15.6 Å². The number of aromatic nitrogens is 1. The lowest BCUT2D eigenvalue weighted by molar-refractivity contribution is -0.128. The van der Waals surface area contributed by atoms with Crippen LogP contribution in [-0.2, 0) is 16.0 Å². The molecule has 0 saturated heterocycles. The lowest BCUT2D eigenvalue weighted by atomic mass is 10.2. The number of carbonyl (C=O) groups is 2. The molecule has 1 aromatic rings. The molecule has 0 aliphatic rings. The molecule has 0 fully saturated rings. The molecular formula is C13H19N3O2. The van der Waals surface area contributed by atoms with Gasteiger partial charge in [0.25, 0.3) is 0 Å². The van der Waals surface area contributed by atoms with Crippen molar-refractivity contribution in [2.24, 2.45) is 0 Å². The molecule has 0 bridgehead atoms. The van der Waals surface area contributed by atoms with E-state index < -0.39 is 6.04 Å². The summed E-state index contributed by atoms with van der Waals surface area (Å²) < 4.78 is 0. The predicted octanol–water partition coefficient (Wildman–Crippen LogP) is 0.655. The standard InChI is InChI=1S/C13H19N3O2/c1-3-12(17)16-10(2)13(18)15-8-6-11-5-4-7-14-9-11/h4-5,7,9-10H,3,6,8H2,1-2H3,(H,15,18)(H,16,17)/t10-/m1/s1. The molecule has 1 rings (SSSR count). The summed E-state index contributed by atoms with van der Waals surface area (Å²) in [6, 6.07) is 3.33. The Morgan fingerprint density at radius 2 is 2.22 bits per heavy atom. The highest BCUT2D eigenvalue weighted by atomic mass is 16.2. The zero-order valence-corrected chi connectivity index (χ0v) is 10.8. The lowest BCUT2D eigenvalue weighted by Crippen LogP contribution is -2.45. The fourth-order valence-corrected chi connectivity index (χ4v) is 1.44. The molecule has 5 heteroatoms. The number of carbonyl (C=O) groups excluding carboxylic acids is 2. The van der Waals surface area contributed by atoms with E-state index in [1.807, 2.05) is 12.1 Å². The highest BCUT2D eigenvalue weighted by Gasteiger charge is 2.13. The molecular weight excluding hydrogens is 230 g/mol. The molecule has 1 heterocycles. The van der Waals surface area contributed by atoms with Crippen molar-refractivity contribution in [2.45, 2.75) is 32.7 Å². The minimum absolute atomic E-state index is 0.120. The van der Waals surface area contributed by atoms with Crippen molar-refractivity contribution in [3.8, 4) is 0 Å². The van der Waals surface area contributed by atoms with E-state index in [0.29, 0.717) is 13.0 Å². The van der Waals surface area contributed by atoms with E-state index in [-0.39, 0.29) is 11.8 Å². The summed E-state index contributed by atoms with van der Waals surface area (Å²) in [6.45, 7) is 3.96. The van der Waals surface area contributed by atoms with Gasteiger partial charge in [-0.2, -0.15) is 0 Å². The van der Waals surface area contributed by atoms with E-state index in [1.54, 1.807) is 26.2 Å². The molecule has 2 N–H and O–H groups in total. The largest absolute Gasteiger partial charge is 0.354 e. The second-order valence-electron chi connectivity index (χ2n) is 4.05. The Morgan fingerprint density at radius 1 is 1.44 bits per heavy atom. The normalized spacial score (nSPS) is 11.7. The summed E-state index contributed by atoms with van der Waals surface area (Å²) in [5.41, 5.74) is 1.07. The third-order valence-corrected chi connectivity index (χ3v) is 2.53. The van der Waals surface area contributed by atoms with Gasteiger partial charge in [-0.05, 0) is 25.0 Å². The topological polar surface area (TPSA) is 71.1 Å². The van der Waals surface area contributed by atoms with Crippen LogP contribution in [0.2, 0.25) is 0 Å². The molecule has 5 nitrogen and oxygen atoms in total. The smallest absolute Gasteiger partial charge is 0.242 e. The molecule has 1 atom stereocenters. The number of pyridine rings is 1. The quantitative estimate of drug-likeness (QED) is 0.778. The van der Waals surface area contributed by atoms with Crippen molar-refractivity contribution in [2.75, 3.05) is 6.54 Å². The summed E-state index contributed by atoms with van der Waals surface area (Å²) in [4.78, 5) is 26.8. The zero-order valence-electron chi connectivity index (χ0n) is 10.8. The van der Waals surface area contributed by atoms with E-state index >= 15 is 0 Å². The van der Waals surface area contributed by atoms with Crippen LogP contribution in [0.4, 0.5) is 0 Å². The maximum Gasteiger partial charge on any atom is 0.242 e. The van der Waals surface area contributed by atoms with Gasteiger partial charge in [0.1, 0.15) is 6.04 Å². The molecule has 0 aliphatic heterocycles. The van der Waals surface area contributed by atoms with Crippen molar-refractivity contribution >= 4 is 11.8 Å². The molecule has 0 saturated carbocycles. The zero-order chi connectivity index (χ0) is 13.4. The summed E-state index contributed by atoms with van der Waals surface area (Å²) in [6.07, 6.45) is 4.60. The van der Waals surface area contributed by atoms with Crippen LogP contribution < -0.4 is 10.6 Å². The van der Waals surface area contributed by atoms with E-state index in [1.165, 1.54) is 0 Å². The Morgan fingerprint density at radius 3 is 2.83 bits per heavy atom. The maximum absolute atomic E-state index is 11.6. The first-order chi connectivity index (χ1) is 8.63. The number of hydrogen-bond acceptors (Lipinski definition) is 3. The first kappa shape index (κ1) is 14.2. The first-order valence-electron chi connectivity index (χ1n) is 6.09. The molecule has 1 aromatic heterocycles. The predicted molar refractivity (Wildman–Crippen MR) is 68.8 cm³/mol. The lowest BCUT2D eigenvalue weighted by Gasteiger charge is -2.13. The van der Waals surface area contributed by atoms with Gasteiger partial charge in [0.05, 0.1) is 0 Å². The highest BCUT2D eigenvalue weighted by molar-refractivity contribution is 5.87. The summed E-state index contributed by atoms with van der Waals surface area (Å²) in [5.74, 6) is -0.286. The third-order valence-electron chi connectivity index (χ3n) is 2.53. The SMILES string of the molecule is CCC(=O)N[C@H](C)C(=O)NCCc1cccnc1. The van der Waals surface area contributed by atoms with Crippen LogP contribution in [0.15, 0.2) is 24.5 Å². The molecule has 0 unspecified atom stereocenters. The maximum atomic E-state index is 11.6. The van der Waals surface area contributed by atoms with Gasteiger partial charge in [-0.15, -0.1) is 0 Å². The second kappa shape index (κ2) is 7.42. The number of hydrogen-bond donors (Lipinski definition) is 2. The van der Waals surface area contributed by atoms with Crippen LogP contribution in [0.25, 0.3) is 0 Å². The highest BCUT2D eigenvalue weighted by Crippen LogP contribution is 1.95. The number of nitrogens with zero attached hydrogens (tertiary/aromatic N) is 1. The monoisotopic (exact) mass is 249 g/mol. The molecule has 0 aromatic carbocycles. The second-order valence-corrected chi connectivity index (χ2v) is 4.05. The Balaban J connectivity index is 2.26. The van der Waals surface area contributed by atoms with Gasteiger partial charge in [0.15, 0.2) is 0 Å². The minimum Gasteiger partial charge on any atom is -0.354 e. The molecule has 18 heavy (non-hydrogen) atoms. The van der Waals surface area contributed by atoms with E-state index in [0.717, 1.165) is 12.0 Å². The fraction of sp³-hybridized carbons (Fsp3) is 0.462. The van der Waals surface area contributed by atoms with Crippen molar-refractivity contribution < 1.29 is 9.59 Å². The van der Waals surface area contributed by atoms with Crippen molar-refractivity contribution in [1.29, 1.82) is 0 Å². The van der Waals surface area contributed by atoms with Crippen LogP contribution in [0, 0.1) is 0 Å². The van der Waals surface area contributed by atoms with Crippen LogP contribution in [-0.4, -0.2) is 29.4 Å². The van der Waals surface area contributed by atoms with Gasteiger partial charge in [-0.1, -0.05) is 13.0 Å². The molecule has 2 amide bonds. The van der Waals surface area contributed by atoms with Crippen molar-refractivity contribution in [3.63, 3.8) is 0 Å². The van der Waals surface area contributed by atoms with Crippen LogP contribution in [0.3, 0.4) is 0 Å². The average Bonchev–Trinajstić information content (AvgIpc) is 2.39. The van der Waals surface area contributed by atoms with Gasteiger partial charge in [0, 0.05) is 25.4 Å². The molecule has 98 valence electrons. The van der Waals surface area contributed by atoms with E-state index in [2.05, 4.69) is 15.6 Å².